The molecule has 3 fully saturated rings. The normalized spacial score (nSPS) is 27.3. The van der Waals surface area contributed by atoms with E-state index in [9.17, 15) is 19.1 Å². The zero-order chi connectivity index (χ0) is 20.5. The number of carboxylic acids is 1. The molecule has 2 aliphatic carbocycles. The molecule has 1 aromatic heterocycles. The highest BCUT2D eigenvalue weighted by molar-refractivity contribution is 5.97. The first-order valence-electron chi connectivity index (χ1n) is 10.0. The maximum Gasteiger partial charge on any atom is 0.341 e. The number of nitrogens with two attached hydrogens (primary N) is 1. The van der Waals surface area contributed by atoms with Crippen LogP contribution < -0.4 is 20.8 Å². The number of rotatable bonds is 5. The lowest BCUT2D eigenvalue weighted by atomic mass is 9.97. The molecule has 0 radical (unpaired) electrons. The summed E-state index contributed by atoms with van der Waals surface area (Å²) in [5.41, 5.74) is 6.70. The molecule has 5 rings (SSSR count). The van der Waals surface area contributed by atoms with Crippen molar-refractivity contribution in [1.82, 2.24) is 4.57 Å². The van der Waals surface area contributed by atoms with Crippen molar-refractivity contribution in [2.45, 2.75) is 43.4 Å². The number of anilines is 1. The molecule has 3 atom stereocenters. The van der Waals surface area contributed by atoms with E-state index in [-0.39, 0.29) is 16.5 Å². The molecule has 1 saturated heterocycles. The van der Waals surface area contributed by atoms with Crippen LogP contribution in [-0.2, 0) is 0 Å². The average molecular weight is 401 g/mol. The largest absolute Gasteiger partial charge is 0.492 e. The van der Waals surface area contributed by atoms with Gasteiger partial charge in [0, 0.05) is 31.2 Å². The molecule has 0 amide bonds. The number of pyridine rings is 1. The fourth-order valence-electron chi connectivity index (χ4n) is 4.71. The predicted molar refractivity (Wildman–Crippen MR) is 107 cm³/mol. The van der Waals surface area contributed by atoms with Gasteiger partial charge in [-0.3, -0.25) is 4.79 Å². The van der Waals surface area contributed by atoms with Crippen molar-refractivity contribution < 1.29 is 19.0 Å². The molecule has 2 aromatic rings. The van der Waals surface area contributed by atoms with E-state index in [2.05, 4.69) is 4.90 Å². The van der Waals surface area contributed by atoms with Gasteiger partial charge in [0.25, 0.3) is 0 Å². The Balaban J connectivity index is 1.67. The fourth-order valence-corrected chi connectivity index (χ4v) is 4.71. The summed E-state index contributed by atoms with van der Waals surface area (Å²) in [6, 6.07) is 2.96. The number of alkyl halides is 1. The van der Waals surface area contributed by atoms with Gasteiger partial charge in [-0.1, -0.05) is 0 Å². The second kappa shape index (κ2) is 6.19. The van der Waals surface area contributed by atoms with Gasteiger partial charge in [0.1, 0.15) is 11.7 Å². The van der Waals surface area contributed by atoms with E-state index in [1.54, 1.807) is 16.7 Å². The van der Waals surface area contributed by atoms with E-state index in [4.69, 9.17) is 10.5 Å². The quantitative estimate of drug-likeness (QED) is 0.798. The SMILES string of the molecule is COc1c(N2CC[C@@H](C3(N)CC3)C2)ccc2c(=O)c(C(=O)O)cn(C3C[C@@H]3F)c12. The van der Waals surface area contributed by atoms with Gasteiger partial charge in [-0.15, -0.1) is 0 Å². The summed E-state index contributed by atoms with van der Waals surface area (Å²) < 4.78 is 21.2. The summed E-state index contributed by atoms with van der Waals surface area (Å²) in [7, 11) is 1.52. The Kier molecular flexibility index (Phi) is 3.93. The Morgan fingerprint density at radius 3 is 2.69 bits per heavy atom. The Bertz CT molecular complexity index is 1080. The topological polar surface area (TPSA) is 97.8 Å². The highest BCUT2D eigenvalue weighted by Gasteiger charge is 2.48. The maximum absolute atomic E-state index is 13.9. The molecule has 2 saturated carbocycles. The number of methoxy groups -OCH3 is 1. The van der Waals surface area contributed by atoms with Gasteiger partial charge in [-0.2, -0.15) is 0 Å². The third kappa shape index (κ3) is 2.80. The van der Waals surface area contributed by atoms with Crippen LogP contribution in [-0.4, -0.2) is 47.6 Å². The molecule has 0 spiro atoms. The van der Waals surface area contributed by atoms with Crippen molar-refractivity contribution in [3.05, 3.63) is 34.1 Å². The number of nitrogens with zero attached hydrogens (tertiary/aromatic N) is 2. The van der Waals surface area contributed by atoms with E-state index in [1.165, 1.54) is 13.3 Å². The molecule has 7 nitrogen and oxygen atoms in total. The van der Waals surface area contributed by atoms with Crippen LogP contribution in [0.4, 0.5) is 10.1 Å². The van der Waals surface area contributed by atoms with Crippen molar-refractivity contribution in [1.29, 1.82) is 0 Å². The van der Waals surface area contributed by atoms with Gasteiger partial charge >= 0.3 is 5.97 Å². The molecule has 2 heterocycles. The molecule has 1 aromatic carbocycles. The van der Waals surface area contributed by atoms with Crippen LogP contribution in [0.5, 0.6) is 5.75 Å². The van der Waals surface area contributed by atoms with Crippen LogP contribution in [0.2, 0.25) is 0 Å². The Morgan fingerprint density at radius 2 is 2.10 bits per heavy atom. The highest BCUT2D eigenvalue weighted by atomic mass is 19.1. The van der Waals surface area contributed by atoms with Crippen LogP contribution in [0, 0.1) is 5.92 Å². The maximum atomic E-state index is 13.9. The standard InChI is InChI=1S/C21H24FN3O4/c1-29-19-15(24-7-4-11(9-24)21(23)5-6-21)3-2-12-17(19)25(16-8-14(16)22)10-13(18(12)26)20(27)28/h2-3,10-11,14,16H,4-9,23H2,1H3,(H,27,28)/t11-,14+,16?/m1/s1. The average Bonchev–Trinajstić information content (AvgIpc) is 3.56. The number of aromatic carboxylic acids is 1. The van der Waals surface area contributed by atoms with E-state index in [1.807, 2.05) is 0 Å². The van der Waals surface area contributed by atoms with Gasteiger partial charge in [-0.25, -0.2) is 9.18 Å². The molecule has 3 N–H and O–H groups in total. The minimum Gasteiger partial charge on any atom is -0.492 e. The molecule has 1 aliphatic heterocycles. The number of benzene rings is 1. The summed E-state index contributed by atoms with van der Waals surface area (Å²) in [5, 5.41) is 9.66. The van der Waals surface area contributed by atoms with E-state index >= 15 is 0 Å². The molecular formula is C21H24FN3O4. The van der Waals surface area contributed by atoms with Crippen LogP contribution in [0.25, 0.3) is 10.9 Å². The minimum absolute atomic E-state index is 0.0627. The number of fused-ring (bicyclic) bond motifs is 1. The van der Waals surface area contributed by atoms with Crippen molar-refractivity contribution in [3.63, 3.8) is 0 Å². The molecule has 1 unspecified atom stereocenters. The molecular weight excluding hydrogens is 377 g/mol. The van der Waals surface area contributed by atoms with Crippen molar-refractivity contribution in [2.24, 2.45) is 11.7 Å². The lowest BCUT2D eigenvalue weighted by molar-refractivity contribution is 0.0694. The van der Waals surface area contributed by atoms with Crippen molar-refractivity contribution in [2.75, 3.05) is 25.1 Å². The third-order valence-electron chi connectivity index (χ3n) is 6.77. The molecule has 154 valence electrons. The Hall–Kier alpha value is -2.61. The lowest BCUT2D eigenvalue weighted by Crippen LogP contribution is -2.34. The monoisotopic (exact) mass is 401 g/mol. The zero-order valence-corrected chi connectivity index (χ0v) is 16.2. The first-order chi connectivity index (χ1) is 13.8. The van der Waals surface area contributed by atoms with Crippen LogP contribution in [0.15, 0.2) is 23.1 Å². The molecule has 8 heteroatoms. The Morgan fingerprint density at radius 1 is 1.38 bits per heavy atom. The second-order valence-electron chi connectivity index (χ2n) is 8.58. The number of hydrogen-bond donors (Lipinski definition) is 2. The summed E-state index contributed by atoms with van der Waals surface area (Å²) >= 11 is 0. The number of hydrogen-bond acceptors (Lipinski definition) is 5. The predicted octanol–water partition coefficient (Wildman–Crippen LogP) is 2.31. The summed E-state index contributed by atoms with van der Waals surface area (Å²) in [6.07, 6.45) is 3.60. The summed E-state index contributed by atoms with van der Waals surface area (Å²) in [4.78, 5) is 26.5. The first kappa shape index (κ1) is 18.4. The fraction of sp³-hybridized carbons (Fsp3) is 0.524. The van der Waals surface area contributed by atoms with E-state index in [0.717, 1.165) is 38.0 Å². The first-order valence-corrected chi connectivity index (χ1v) is 10.0. The molecule has 3 aliphatic rings. The minimum atomic E-state index is -1.31. The number of carbonyl (C=O) groups is 1. The molecule has 29 heavy (non-hydrogen) atoms. The second-order valence-corrected chi connectivity index (χ2v) is 8.58. The smallest absolute Gasteiger partial charge is 0.341 e. The third-order valence-corrected chi connectivity index (χ3v) is 6.77. The number of carboxylic acid groups (broad SMARTS) is 1. The van der Waals surface area contributed by atoms with E-state index in [0.29, 0.717) is 23.6 Å². The highest BCUT2D eigenvalue weighted by Crippen LogP contribution is 2.47. The van der Waals surface area contributed by atoms with Crippen molar-refractivity contribution >= 4 is 22.6 Å². The number of halogens is 1. The summed E-state index contributed by atoms with van der Waals surface area (Å²) in [5.74, 6) is -0.416. The van der Waals surface area contributed by atoms with Crippen LogP contribution in [0.1, 0.15) is 42.1 Å². The van der Waals surface area contributed by atoms with Crippen LogP contribution >= 0.6 is 0 Å². The zero-order valence-electron chi connectivity index (χ0n) is 16.2. The molecule has 0 bridgehead atoms. The van der Waals surface area contributed by atoms with Gasteiger partial charge in [-0.05, 0) is 37.3 Å². The van der Waals surface area contributed by atoms with Gasteiger partial charge in [0.2, 0.25) is 5.43 Å². The van der Waals surface area contributed by atoms with Crippen LogP contribution in [0.3, 0.4) is 0 Å². The van der Waals surface area contributed by atoms with E-state index < -0.39 is 23.6 Å². The van der Waals surface area contributed by atoms with Gasteiger partial charge < -0.3 is 25.0 Å². The lowest BCUT2D eigenvalue weighted by Gasteiger charge is -2.25. The summed E-state index contributed by atoms with van der Waals surface area (Å²) in [6.45, 7) is 1.64. The van der Waals surface area contributed by atoms with Crippen molar-refractivity contribution in [3.8, 4) is 5.75 Å². The number of aromatic nitrogens is 1. The Labute approximate surface area is 166 Å². The van der Waals surface area contributed by atoms with Gasteiger partial charge in [0.15, 0.2) is 5.75 Å². The number of ether oxygens (including phenoxy) is 1. The van der Waals surface area contributed by atoms with Gasteiger partial charge in [0.05, 0.1) is 29.7 Å².